The number of carbonyl (C=O) groups is 3. The van der Waals surface area contributed by atoms with Gasteiger partial charge in [0.15, 0.2) is 5.76 Å². The van der Waals surface area contributed by atoms with Gasteiger partial charge >= 0.3 is 5.97 Å². The number of carboxylic acid groups (broad SMARTS) is 1. The van der Waals surface area contributed by atoms with Gasteiger partial charge in [0.2, 0.25) is 0 Å². The minimum Gasteiger partial charge on any atom is -0.480 e. The van der Waals surface area contributed by atoms with Crippen LogP contribution >= 0.6 is 0 Å². The van der Waals surface area contributed by atoms with Crippen molar-refractivity contribution in [2.45, 2.75) is 13.0 Å². The first kappa shape index (κ1) is 17.0. The van der Waals surface area contributed by atoms with Crippen LogP contribution in [0.3, 0.4) is 0 Å². The summed E-state index contributed by atoms with van der Waals surface area (Å²) >= 11 is 0. The van der Waals surface area contributed by atoms with Gasteiger partial charge in [-0.1, -0.05) is 30.3 Å². The Bertz CT molecular complexity index is 751. The minimum absolute atomic E-state index is 0.0352. The highest BCUT2D eigenvalue weighted by atomic mass is 16.4. The van der Waals surface area contributed by atoms with Crippen LogP contribution in [0.4, 0.5) is 0 Å². The normalized spacial score (nSPS) is 12.3. The van der Waals surface area contributed by atoms with Crippen LogP contribution in [-0.4, -0.2) is 28.9 Å². The summed E-state index contributed by atoms with van der Waals surface area (Å²) in [5.41, 5.74) is 0.584. The van der Waals surface area contributed by atoms with E-state index < -0.39 is 23.8 Å². The second kappa shape index (κ2) is 7.77. The third-order valence-corrected chi connectivity index (χ3v) is 3.07. The molecule has 24 heavy (non-hydrogen) atoms. The number of furan rings is 1. The second-order valence-electron chi connectivity index (χ2n) is 4.93. The van der Waals surface area contributed by atoms with Crippen LogP contribution in [0.2, 0.25) is 0 Å². The molecule has 0 aliphatic heterocycles. The summed E-state index contributed by atoms with van der Waals surface area (Å²) in [5.74, 6) is -2.47. The SMILES string of the molecule is C[C@H](NC(=O)/C(=C\c1ccccc1)NC(=O)c1ccco1)C(=O)O. The van der Waals surface area contributed by atoms with E-state index >= 15 is 0 Å². The molecule has 0 bridgehead atoms. The first-order chi connectivity index (χ1) is 11.5. The maximum Gasteiger partial charge on any atom is 0.325 e. The average Bonchev–Trinajstić information content (AvgIpc) is 3.09. The fourth-order valence-corrected chi connectivity index (χ4v) is 1.80. The van der Waals surface area contributed by atoms with Gasteiger partial charge in [0, 0.05) is 0 Å². The van der Waals surface area contributed by atoms with Gasteiger partial charge in [0.25, 0.3) is 11.8 Å². The molecule has 2 aromatic rings. The Labute approximate surface area is 138 Å². The summed E-state index contributed by atoms with van der Waals surface area (Å²) in [6, 6.07) is 10.7. The number of amides is 2. The molecule has 7 nitrogen and oxygen atoms in total. The highest BCUT2D eigenvalue weighted by molar-refractivity contribution is 6.05. The van der Waals surface area contributed by atoms with Crippen LogP contribution in [0, 0.1) is 0 Å². The molecule has 7 heteroatoms. The molecule has 0 unspecified atom stereocenters. The van der Waals surface area contributed by atoms with Crippen LogP contribution in [0.5, 0.6) is 0 Å². The molecule has 1 aromatic heterocycles. The lowest BCUT2D eigenvalue weighted by Gasteiger charge is -2.13. The van der Waals surface area contributed by atoms with Crippen molar-refractivity contribution < 1.29 is 23.9 Å². The van der Waals surface area contributed by atoms with Crippen LogP contribution < -0.4 is 10.6 Å². The van der Waals surface area contributed by atoms with Crippen LogP contribution in [0.25, 0.3) is 6.08 Å². The van der Waals surface area contributed by atoms with Crippen molar-refractivity contribution >= 4 is 23.9 Å². The van der Waals surface area contributed by atoms with Crippen LogP contribution in [0.15, 0.2) is 58.8 Å². The Kier molecular flexibility index (Phi) is 5.51. The first-order valence-electron chi connectivity index (χ1n) is 7.12. The Balaban J connectivity index is 2.24. The van der Waals surface area contributed by atoms with E-state index in [0.717, 1.165) is 0 Å². The third kappa shape index (κ3) is 4.57. The zero-order valence-electron chi connectivity index (χ0n) is 12.9. The van der Waals surface area contributed by atoms with Gasteiger partial charge in [0.1, 0.15) is 11.7 Å². The fourth-order valence-electron chi connectivity index (χ4n) is 1.80. The average molecular weight is 328 g/mol. The third-order valence-electron chi connectivity index (χ3n) is 3.07. The lowest BCUT2D eigenvalue weighted by molar-refractivity contribution is -0.140. The summed E-state index contributed by atoms with van der Waals surface area (Å²) in [4.78, 5) is 35.3. The predicted molar refractivity (Wildman–Crippen MR) is 85.8 cm³/mol. The zero-order chi connectivity index (χ0) is 17.5. The summed E-state index contributed by atoms with van der Waals surface area (Å²) in [5, 5.41) is 13.6. The van der Waals surface area contributed by atoms with Gasteiger partial charge < -0.3 is 20.2 Å². The maximum absolute atomic E-state index is 12.3. The highest BCUT2D eigenvalue weighted by Gasteiger charge is 2.20. The number of carbonyl (C=O) groups excluding carboxylic acids is 2. The monoisotopic (exact) mass is 328 g/mol. The molecule has 2 rings (SSSR count). The summed E-state index contributed by atoms with van der Waals surface area (Å²) < 4.78 is 4.98. The van der Waals surface area contributed by atoms with Crippen molar-refractivity contribution in [2.24, 2.45) is 0 Å². The number of nitrogens with one attached hydrogen (secondary N) is 2. The van der Waals surface area contributed by atoms with Crippen molar-refractivity contribution in [1.82, 2.24) is 10.6 Å². The molecule has 0 fully saturated rings. The number of hydrogen-bond acceptors (Lipinski definition) is 4. The van der Waals surface area contributed by atoms with E-state index in [9.17, 15) is 14.4 Å². The lowest BCUT2D eigenvalue weighted by atomic mass is 10.2. The molecule has 3 N–H and O–H groups in total. The molecule has 1 aromatic carbocycles. The van der Waals surface area contributed by atoms with Gasteiger partial charge in [-0.3, -0.25) is 14.4 Å². The van der Waals surface area contributed by atoms with Crippen molar-refractivity contribution in [3.8, 4) is 0 Å². The smallest absolute Gasteiger partial charge is 0.325 e. The molecule has 0 saturated carbocycles. The number of carboxylic acids is 1. The molecule has 1 atom stereocenters. The summed E-state index contributed by atoms with van der Waals surface area (Å²) in [7, 11) is 0. The minimum atomic E-state index is -1.18. The topological polar surface area (TPSA) is 109 Å². The van der Waals surface area contributed by atoms with E-state index in [0.29, 0.717) is 5.56 Å². The standard InChI is InChI=1S/C17H16N2O5/c1-11(17(22)23)18-15(20)13(10-12-6-3-2-4-7-12)19-16(21)14-8-5-9-24-14/h2-11H,1H3,(H,18,20)(H,19,21)(H,22,23)/b13-10+/t11-/m0/s1. The number of hydrogen-bond donors (Lipinski definition) is 3. The molecule has 124 valence electrons. The molecule has 0 radical (unpaired) electrons. The Morgan fingerprint density at radius 1 is 1.12 bits per heavy atom. The number of aliphatic carboxylic acids is 1. The molecule has 2 amide bonds. The summed E-state index contributed by atoms with van der Waals surface area (Å²) in [6.07, 6.45) is 2.78. The molecule has 1 heterocycles. The number of rotatable bonds is 6. The maximum atomic E-state index is 12.3. The van der Waals surface area contributed by atoms with E-state index in [-0.39, 0.29) is 11.5 Å². The van der Waals surface area contributed by atoms with E-state index in [1.54, 1.807) is 30.3 Å². The predicted octanol–water partition coefficient (Wildman–Crippen LogP) is 1.64. The fraction of sp³-hybridized carbons (Fsp3) is 0.118. The van der Waals surface area contributed by atoms with Gasteiger partial charge in [-0.25, -0.2) is 0 Å². The first-order valence-corrected chi connectivity index (χ1v) is 7.12. The zero-order valence-corrected chi connectivity index (χ0v) is 12.9. The molecule has 0 aliphatic rings. The van der Waals surface area contributed by atoms with Gasteiger partial charge in [0.05, 0.1) is 6.26 Å². The van der Waals surface area contributed by atoms with Gasteiger partial charge in [-0.2, -0.15) is 0 Å². The van der Waals surface area contributed by atoms with E-state index in [1.165, 1.54) is 25.3 Å². The quantitative estimate of drug-likeness (QED) is 0.699. The van der Waals surface area contributed by atoms with Crippen LogP contribution in [0.1, 0.15) is 23.0 Å². The Morgan fingerprint density at radius 3 is 2.42 bits per heavy atom. The Hall–Kier alpha value is -3.35. The van der Waals surface area contributed by atoms with Gasteiger partial charge in [-0.05, 0) is 30.7 Å². The lowest BCUT2D eigenvalue weighted by Crippen LogP contribution is -2.42. The largest absolute Gasteiger partial charge is 0.480 e. The molecule has 0 saturated heterocycles. The van der Waals surface area contributed by atoms with E-state index in [2.05, 4.69) is 10.6 Å². The Morgan fingerprint density at radius 2 is 1.83 bits per heavy atom. The van der Waals surface area contributed by atoms with E-state index in [1.807, 2.05) is 6.07 Å². The number of benzene rings is 1. The second-order valence-corrected chi connectivity index (χ2v) is 4.93. The van der Waals surface area contributed by atoms with Crippen molar-refractivity contribution in [3.63, 3.8) is 0 Å². The molecular weight excluding hydrogens is 312 g/mol. The molecular formula is C17H16N2O5. The van der Waals surface area contributed by atoms with Crippen molar-refractivity contribution in [1.29, 1.82) is 0 Å². The highest BCUT2D eigenvalue weighted by Crippen LogP contribution is 2.07. The molecule has 0 aliphatic carbocycles. The van der Waals surface area contributed by atoms with Crippen molar-refractivity contribution in [2.75, 3.05) is 0 Å². The molecule has 0 spiro atoms. The van der Waals surface area contributed by atoms with E-state index in [4.69, 9.17) is 9.52 Å². The summed E-state index contributed by atoms with van der Waals surface area (Å²) in [6.45, 7) is 1.33. The van der Waals surface area contributed by atoms with Crippen molar-refractivity contribution in [3.05, 3.63) is 65.7 Å². The van der Waals surface area contributed by atoms with Crippen LogP contribution in [-0.2, 0) is 9.59 Å². The van der Waals surface area contributed by atoms with Gasteiger partial charge in [-0.15, -0.1) is 0 Å².